The predicted molar refractivity (Wildman–Crippen MR) is 95.1 cm³/mol. The molecule has 2 nitrogen and oxygen atoms in total. The summed E-state index contributed by atoms with van der Waals surface area (Å²) < 4.78 is 0. The Labute approximate surface area is 149 Å². The summed E-state index contributed by atoms with van der Waals surface area (Å²) in [7, 11) is 0. The zero-order valence-corrected chi connectivity index (χ0v) is 14.7. The maximum absolute atomic E-state index is 11.8. The quantitative estimate of drug-likeness (QED) is 0.682. The molecule has 2 aromatic carbocycles. The minimum atomic E-state index is -0.00696. The van der Waals surface area contributed by atoms with Crippen molar-refractivity contribution in [1.29, 1.82) is 0 Å². The van der Waals surface area contributed by atoms with E-state index in [1.807, 2.05) is 30.3 Å². The lowest BCUT2D eigenvalue weighted by molar-refractivity contribution is -0.120. The lowest BCUT2D eigenvalue weighted by Crippen LogP contribution is -2.23. The maximum Gasteiger partial charge on any atom is 0.221 e. The highest BCUT2D eigenvalue weighted by Crippen LogP contribution is 2.22. The van der Waals surface area contributed by atoms with E-state index in [9.17, 15) is 4.79 Å². The fourth-order valence-corrected chi connectivity index (χ4v) is 3.19. The zero-order valence-electron chi connectivity index (χ0n) is 11.6. The van der Waals surface area contributed by atoms with Crippen LogP contribution >= 0.6 is 46.6 Å². The first-order valence-corrected chi connectivity index (χ1v) is 8.75. The van der Waals surface area contributed by atoms with Gasteiger partial charge in [-0.1, -0.05) is 40.9 Å². The third-order valence-corrected chi connectivity index (χ3v) is 4.76. The first-order valence-electron chi connectivity index (χ1n) is 6.63. The summed E-state index contributed by atoms with van der Waals surface area (Å²) in [5, 5.41) is 4.71. The van der Waals surface area contributed by atoms with E-state index in [-0.39, 0.29) is 5.91 Å². The highest BCUT2D eigenvalue weighted by Gasteiger charge is 2.05. The van der Waals surface area contributed by atoms with Crippen molar-refractivity contribution in [1.82, 2.24) is 5.32 Å². The van der Waals surface area contributed by atoms with Crippen LogP contribution in [0.2, 0.25) is 15.1 Å². The SMILES string of the molecule is O=C(CCSc1ccc(Cl)cc1)NCc1ccc(Cl)cc1Cl. The Balaban J connectivity index is 1.72. The summed E-state index contributed by atoms with van der Waals surface area (Å²) in [6, 6.07) is 12.8. The van der Waals surface area contributed by atoms with E-state index in [0.29, 0.717) is 33.8 Å². The molecule has 0 spiro atoms. The van der Waals surface area contributed by atoms with Gasteiger partial charge in [0.2, 0.25) is 5.91 Å². The fraction of sp³-hybridized carbons (Fsp3) is 0.188. The second kappa shape index (κ2) is 8.68. The predicted octanol–water partition coefficient (Wildman–Crippen LogP) is 5.45. The average molecular weight is 375 g/mol. The number of rotatable bonds is 6. The Morgan fingerprint density at radius 2 is 1.68 bits per heavy atom. The monoisotopic (exact) mass is 373 g/mol. The van der Waals surface area contributed by atoms with Gasteiger partial charge in [0, 0.05) is 38.7 Å². The van der Waals surface area contributed by atoms with Gasteiger partial charge in [0.05, 0.1) is 0 Å². The van der Waals surface area contributed by atoms with Crippen LogP contribution in [0, 0.1) is 0 Å². The average Bonchev–Trinajstić information content (AvgIpc) is 2.48. The number of carbonyl (C=O) groups is 1. The van der Waals surface area contributed by atoms with Crippen molar-refractivity contribution in [3.05, 3.63) is 63.1 Å². The number of carbonyl (C=O) groups excluding carboxylic acids is 1. The standard InChI is InChI=1S/C16H14Cl3NOS/c17-12-3-5-14(6-4-12)22-8-7-16(21)20-10-11-1-2-13(18)9-15(11)19/h1-6,9H,7-8,10H2,(H,20,21). The maximum atomic E-state index is 11.8. The Bertz CT molecular complexity index is 646. The summed E-state index contributed by atoms with van der Waals surface area (Å²) >= 11 is 19.3. The molecule has 2 aromatic rings. The summed E-state index contributed by atoms with van der Waals surface area (Å²) in [6.45, 7) is 0.403. The van der Waals surface area contributed by atoms with Gasteiger partial charge in [0.25, 0.3) is 0 Å². The summed E-state index contributed by atoms with van der Waals surface area (Å²) in [4.78, 5) is 12.9. The number of halogens is 3. The third kappa shape index (κ3) is 5.73. The lowest BCUT2D eigenvalue weighted by atomic mass is 10.2. The topological polar surface area (TPSA) is 29.1 Å². The van der Waals surface area contributed by atoms with Crippen molar-refractivity contribution in [3.63, 3.8) is 0 Å². The molecular weight excluding hydrogens is 361 g/mol. The lowest BCUT2D eigenvalue weighted by Gasteiger charge is -2.07. The van der Waals surface area contributed by atoms with Crippen LogP contribution in [-0.4, -0.2) is 11.7 Å². The van der Waals surface area contributed by atoms with Gasteiger partial charge >= 0.3 is 0 Å². The molecule has 2 rings (SSSR count). The Morgan fingerprint density at radius 3 is 2.36 bits per heavy atom. The minimum Gasteiger partial charge on any atom is -0.352 e. The molecule has 6 heteroatoms. The summed E-state index contributed by atoms with van der Waals surface area (Å²) in [5.74, 6) is 0.703. The van der Waals surface area contributed by atoms with Crippen LogP contribution in [0.5, 0.6) is 0 Å². The van der Waals surface area contributed by atoms with Gasteiger partial charge in [-0.3, -0.25) is 4.79 Å². The molecule has 0 aliphatic rings. The molecule has 0 radical (unpaired) electrons. The molecule has 0 aliphatic heterocycles. The molecule has 0 heterocycles. The molecule has 0 aromatic heterocycles. The van der Waals surface area contributed by atoms with Crippen molar-refractivity contribution < 1.29 is 4.79 Å². The van der Waals surface area contributed by atoms with Gasteiger partial charge in [-0.05, 0) is 42.0 Å². The number of amides is 1. The Kier molecular flexibility index (Phi) is 6.90. The van der Waals surface area contributed by atoms with E-state index >= 15 is 0 Å². The largest absolute Gasteiger partial charge is 0.352 e. The molecule has 0 aliphatic carbocycles. The van der Waals surface area contributed by atoms with Crippen molar-refractivity contribution in [2.24, 2.45) is 0 Å². The van der Waals surface area contributed by atoms with Crippen molar-refractivity contribution >= 4 is 52.5 Å². The first kappa shape index (κ1) is 17.5. The zero-order chi connectivity index (χ0) is 15.9. The molecule has 1 amide bonds. The van der Waals surface area contributed by atoms with E-state index in [1.165, 1.54) is 0 Å². The van der Waals surface area contributed by atoms with E-state index in [0.717, 1.165) is 10.5 Å². The second-order valence-corrected chi connectivity index (χ2v) is 7.01. The smallest absolute Gasteiger partial charge is 0.221 e. The number of nitrogens with one attached hydrogen (secondary N) is 1. The van der Waals surface area contributed by atoms with E-state index in [4.69, 9.17) is 34.8 Å². The molecule has 0 saturated heterocycles. The number of thioether (sulfide) groups is 1. The van der Waals surface area contributed by atoms with Crippen LogP contribution in [0.25, 0.3) is 0 Å². The number of hydrogen-bond acceptors (Lipinski definition) is 2. The summed E-state index contributed by atoms with van der Waals surface area (Å²) in [5.41, 5.74) is 0.852. The molecule has 0 saturated carbocycles. The molecule has 22 heavy (non-hydrogen) atoms. The molecule has 0 fully saturated rings. The number of benzene rings is 2. The van der Waals surface area contributed by atoms with Crippen LogP contribution in [0.15, 0.2) is 47.4 Å². The first-order chi connectivity index (χ1) is 10.5. The fourth-order valence-electron chi connectivity index (χ4n) is 1.74. The van der Waals surface area contributed by atoms with Crippen LogP contribution in [0.3, 0.4) is 0 Å². The van der Waals surface area contributed by atoms with E-state index in [2.05, 4.69) is 5.32 Å². The highest BCUT2D eigenvalue weighted by atomic mass is 35.5. The van der Waals surface area contributed by atoms with Crippen molar-refractivity contribution in [3.8, 4) is 0 Å². The molecule has 0 unspecified atom stereocenters. The van der Waals surface area contributed by atoms with Crippen molar-refractivity contribution in [2.75, 3.05) is 5.75 Å². The number of hydrogen-bond donors (Lipinski definition) is 1. The second-order valence-electron chi connectivity index (χ2n) is 4.56. The van der Waals surface area contributed by atoms with Crippen molar-refractivity contribution in [2.45, 2.75) is 17.9 Å². The normalized spacial score (nSPS) is 10.5. The van der Waals surface area contributed by atoms with Crippen LogP contribution in [0.1, 0.15) is 12.0 Å². The Morgan fingerprint density at radius 1 is 1.00 bits per heavy atom. The van der Waals surface area contributed by atoms with Gasteiger partial charge < -0.3 is 5.32 Å². The van der Waals surface area contributed by atoms with Crippen LogP contribution in [-0.2, 0) is 11.3 Å². The van der Waals surface area contributed by atoms with E-state index < -0.39 is 0 Å². The van der Waals surface area contributed by atoms with Gasteiger partial charge in [-0.15, -0.1) is 11.8 Å². The van der Waals surface area contributed by atoms with Crippen LogP contribution in [0.4, 0.5) is 0 Å². The van der Waals surface area contributed by atoms with Gasteiger partial charge in [-0.2, -0.15) is 0 Å². The molecular formula is C16H14Cl3NOS. The van der Waals surface area contributed by atoms with Gasteiger partial charge in [0.15, 0.2) is 0 Å². The van der Waals surface area contributed by atoms with E-state index in [1.54, 1.807) is 23.9 Å². The Hall–Kier alpha value is -0.870. The third-order valence-electron chi connectivity index (χ3n) is 2.90. The molecule has 116 valence electrons. The minimum absolute atomic E-state index is 0.00696. The molecule has 0 bridgehead atoms. The summed E-state index contributed by atoms with van der Waals surface area (Å²) in [6.07, 6.45) is 0.443. The molecule has 1 N–H and O–H groups in total. The molecule has 0 atom stereocenters. The van der Waals surface area contributed by atoms with Gasteiger partial charge in [-0.25, -0.2) is 0 Å². The van der Waals surface area contributed by atoms with Crippen LogP contribution < -0.4 is 5.32 Å². The highest BCUT2D eigenvalue weighted by molar-refractivity contribution is 7.99. The van der Waals surface area contributed by atoms with Gasteiger partial charge in [0.1, 0.15) is 0 Å².